The van der Waals surface area contributed by atoms with Crippen molar-refractivity contribution < 1.29 is 27.5 Å². The summed E-state index contributed by atoms with van der Waals surface area (Å²) >= 11 is 0. The number of methoxy groups -OCH3 is 1. The largest absolute Gasteiger partial charge is 0.495 e. The van der Waals surface area contributed by atoms with E-state index in [9.17, 15) is 22.8 Å². The van der Waals surface area contributed by atoms with Gasteiger partial charge in [-0.3, -0.25) is 9.59 Å². The van der Waals surface area contributed by atoms with Crippen LogP contribution in [0.3, 0.4) is 0 Å². The van der Waals surface area contributed by atoms with E-state index in [2.05, 4.69) is 25.9 Å². The molecule has 3 heterocycles. The summed E-state index contributed by atoms with van der Waals surface area (Å²) in [6, 6.07) is 7.94. The van der Waals surface area contributed by atoms with E-state index in [1.165, 1.54) is 20.1 Å². The van der Waals surface area contributed by atoms with Crippen molar-refractivity contribution in [2.45, 2.75) is 25.9 Å². The van der Waals surface area contributed by atoms with E-state index in [-0.39, 0.29) is 23.4 Å². The van der Waals surface area contributed by atoms with Gasteiger partial charge in [-0.05, 0) is 43.2 Å². The number of rotatable bonds is 5. The molecular formula is C21H22F3N7O3. The van der Waals surface area contributed by atoms with Crippen molar-refractivity contribution in [2.75, 3.05) is 35.7 Å². The van der Waals surface area contributed by atoms with E-state index in [1.807, 2.05) is 4.90 Å². The molecule has 0 radical (unpaired) electrons. The fraction of sp³-hybridized carbons (Fsp3) is 0.381. The fourth-order valence-electron chi connectivity index (χ4n) is 3.82. The predicted octanol–water partition coefficient (Wildman–Crippen LogP) is 2.97. The van der Waals surface area contributed by atoms with Crippen LogP contribution in [0.25, 0.3) is 5.65 Å². The van der Waals surface area contributed by atoms with Gasteiger partial charge in [-0.2, -0.15) is 17.7 Å². The van der Waals surface area contributed by atoms with E-state index >= 15 is 0 Å². The molecule has 1 aliphatic heterocycles. The van der Waals surface area contributed by atoms with Crippen LogP contribution in [-0.4, -0.2) is 51.8 Å². The molecule has 2 amide bonds. The molecule has 0 bridgehead atoms. The first-order chi connectivity index (χ1) is 16.2. The smallest absolute Gasteiger partial charge is 0.453 e. The zero-order chi connectivity index (χ0) is 24.5. The number of nitrogens with one attached hydrogen (secondary N) is 2. The molecule has 0 spiro atoms. The summed E-state index contributed by atoms with van der Waals surface area (Å²) in [5, 5.41) is 16.3. The number of fused-ring (bicyclic) bond motifs is 1. The number of piperidine rings is 1. The van der Waals surface area contributed by atoms with Crippen LogP contribution >= 0.6 is 0 Å². The number of anilines is 3. The van der Waals surface area contributed by atoms with Crippen LogP contribution in [0.2, 0.25) is 0 Å². The first-order valence-corrected chi connectivity index (χ1v) is 10.5. The van der Waals surface area contributed by atoms with Crippen LogP contribution in [0, 0.1) is 5.92 Å². The highest BCUT2D eigenvalue weighted by atomic mass is 19.4. The average molecular weight is 477 g/mol. The van der Waals surface area contributed by atoms with Gasteiger partial charge in [-0.15, -0.1) is 15.3 Å². The minimum Gasteiger partial charge on any atom is -0.495 e. The second-order valence-corrected chi connectivity index (χ2v) is 7.83. The molecule has 3 aromatic rings. The monoisotopic (exact) mass is 477 g/mol. The molecule has 2 N–H and O–H groups in total. The molecule has 0 aliphatic carbocycles. The minimum absolute atomic E-state index is 0.000722. The summed E-state index contributed by atoms with van der Waals surface area (Å²) in [6.07, 6.45) is -3.71. The van der Waals surface area contributed by atoms with Gasteiger partial charge in [0.1, 0.15) is 11.6 Å². The molecular weight excluding hydrogens is 455 g/mol. The molecule has 180 valence electrons. The summed E-state index contributed by atoms with van der Waals surface area (Å²) < 4.78 is 45.4. The Balaban J connectivity index is 1.43. The predicted molar refractivity (Wildman–Crippen MR) is 117 cm³/mol. The molecule has 1 fully saturated rings. The number of aromatic nitrogens is 4. The number of carbonyl (C=O) groups is 2. The molecule has 1 aliphatic rings. The highest BCUT2D eigenvalue weighted by Crippen LogP contribution is 2.31. The maximum atomic E-state index is 13.1. The topological polar surface area (TPSA) is 114 Å². The summed E-state index contributed by atoms with van der Waals surface area (Å²) in [4.78, 5) is 26.0. The van der Waals surface area contributed by atoms with E-state index in [4.69, 9.17) is 4.74 Å². The minimum atomic E-state index is -4.67. The van der Waals surface area contributed by atoms with Crippen LogP contribution < -0.4 is 20.3 Å². The van der Waals surface area contributed by atoms with E-state index in [0.29, 0.717) is 53.4 Å². The van der Waals surface area contributed by atoms with E-state index in [0.717, 1.165) is 0 Å². The van der Waals surface area contributed by atoms with Crippen LogP contribution in [0.5, 0.6) is 5.75 Å². The average Bonchev–Trinajstić information content (AvgIpc) is 3.23. The Morgan fingerprint density at radius 2 is 1.82 bits per heavy atom. The van der Waals surface area contributed by atoms with Crippen LogP contribution in [-0.2, 0) is 15.8 Å². The lowest BCUT2D eigenvalue weighted by molar-refractivity contribution is -0.146. The Kier molecular flexibility index (Phi) is 6.26. The molecule has 4 rings (SSSR count). The third-order valence-electron chi connectivity index (χ3n) is 5.47. The third kappa shape index (κ3) is 4.87. The van der Waals surface area contributed by atoms with Gasteiger partial charge in [0.05, 0.1) is 12.8 Å². The number of ether oxygens (including phenoxy) is 1. The molecule has 0 unspecified atom stereocenters. The van der Waals surface area contributed by atoms with Crippen molar-refractivity contribution in [3.63, 3.8) is 0 Å². The first kappa shape index (κ1) is 23.3. The Hall–Kier alpha value is -3.90. The summed E-state index contributed by atoms with van der Waals surface area (Å²) in [5.41, 5.74) is 0.952. The van der Waals surface area contributed by atoms with Gasteiger partial charge in [-0.1, -0.05) is 0 Å². The number of carbonyl (C=O) groups excluding carboxylic acids is 2. The zero-order valence-corrected chi connectivity index (χ0v) is 18.4. The number of nitrogens with zero attached hydrogens (tertiary/aromatic N) is 5. The Labute approximate surface area is 192 Å². The Morgan fingerprint density at radius 3 is 2.47 bits per heavy atom. The van der Waals surface area contributed by atoms with Gasteiger partial charge < -0.3 is 20.3 Å². The molecule has 1 aromatic carbocycles. The number of benzene rings is 1. The second kappa shape index (κ2) is 9.15. The number of hydrogen-bond donors (Lipinski definition) is 2. The Morgan fingerprint density at radius 1 is 1.09 bits per heavy atom. The fourth-order valence-corrected chi connectivity index (χ4v) is 3.82. The number of hydrogen-bond acceptors (Lipinski definition) is 7. The maximum Gasteiger partial charge on any atom is 0.453 e. The number of amides is 2. The lowest BCUT2D eigenvalue weighted by atomic mass is 9.95. The van der Waals surface area contributed by atoms with Crippen LogP contribution in [0.15, 0.2) is 30.3 Å². The molecule has 0 saturated carbocycles. The van der Waals surface area contributed by atoms with E-state index < -0.39 is 12.0 Å². The lowest BCUT2D eigenvalue weighted by Crippen LogP contribution is -2.38. The van der Waals surface area contributed by atoms with Crippen molar-refractivity contribution in [1.29, 1.82) is 0 Å². The zero-order valence-electron chi connectivity index (χ0n) is 18.4. The van der Waals surface area contributed by atoms with Crippen molar-refractivity contribution in [2.24, 2.45) is 5.92 Å². The number of halogens is 3. The Bertz CT molecular complexity index is 1220. The van der Waals surface area contributed by atoms with Crippen molar-refractivity contribution in [1.82, 2.24) is 19.8 Å². The molecule has 2 aromatic heterocycles. The van der Waals surface area contributed by atoms with Crippen LogP contribution in [0.1, 0.15) is 25.6 Å². The second-order valence-electron chi connectivity index (χ2n) is 7.83. The molecule has 1 saturated heterocycles. The quantitative estimate of drug-likeness (QED) is 0.581. The maximum absolute atomic E-state index is 13.1. The summed E-state index contributed by atoms with van der Waals surface area (Å²) in [7, 11) is 1.48. The van der Waals surface area contributed by atoms with Gasteiger partial charge in [0.15, 0.2) is 5.65 Å². The van der Waals surface area contributed by atoms with Crippen molar-refractivity contribution in [3.05, 3.63) is 36.2 Å². The molecule has 10 nitrogen and oxygen atoms in total. The molecule has 13 heteroatoms. The van der Waals surface area contributed by atoms with Crippen molar-refractivity contribution in [3.8, 4) is 5.75 Å². The van der Waals surface area contributed by atoms with Gasteiger partial charge in [0.25, 0.3) is 5.82 Å². The van der Waals surface area contributed by atoms with Gasteiger partial charge in [-0.25, -0.2) is 0 Å². The molecule has 34 heavy (non-hydrogen) atoms. The lowest BCUT2D eigenvalue weighted by Gasteiger charge is -2.32. The standard InChI is InChI=1S/C21H22F3N7O3/c1-12(32)25-14-3-4-16(34-2)15(11-14)26-19(33)13-7-9-30(10-8-13)18-6-5-17-27-28-20(21(22,23)24)31(17)29-18/h3-6,11,13H,7-10H2,1-2H3,(H,25,32)(H,26,33). The van der Waals surface area contributed by atoms with Gasteiger partial charge >= 0.3 is 6.18 Å². The van der Waals surface area contributed by atoms with Crippen LogP contribution in [0.4, 0.5) is 30.4 Å². The highest BCUT2D eigenvalue weighted by molar-refractivity contribution is 5.96. The van der Waals surface area contributed by atoms with E-state index in [1.54, 1.807) is 24.3 Å². The number of alkyl halides is 3. The van der Waals surface area contributed by atoms with Gasteiger partial charge in [0.2, 0.25) is 11.8 Å². The van der Waals surface area contributed by atoms with Crippen molar-refractivity contribution >= 4 is 34.7 Å². The summed E-state index contributed by atoms with van der Waals surface area (Å²) in [6.45, 7) is 2.25. The third-order valence-corrected chi connectivity index (χ3v) is 5.47. The highest BCUT2D eigenvalue weighted by Gasteiger charge is 2.38. The molecule has 0 atom stereocenters. The summed E-state index contributed by atoms with van der Waals surface area (Å²) in [5.74, 6) is -1.15. The normalized spacial score (nSPS) is 14.8. The first-order valence-electron chi connectivity index (χ1n) is 10.5. The SMILES string of the molecule is COc1ccc(NC(C)=O)cc1NC(=O)C1CCN(c2ccc3nnc(C(F)(F)F)n3n2)CC1. The van der Waals surface area contributed by atoms with Gasteiger partial charge in [0, 0.05) is 31.6 Å².